The topological polar surface area (TPSA) is 46.0 Å². The van der Waals surface area contributed by atoms with Gasteiger partial charge in [-0.05, 0) is 18.2 Å². The van der Waals surface area contributed by atoms with Crippen molar-refractivity contribution in [3.63, 3.8) is 0 Å². The first-order chi connectivity index (χ1) is 7.69. The fourth-order valence-corrected chi connectivity index (χ4v) is 1.73. The minimum atomic E-state index is -0.348. The van der Waals surface area contributed by atoms with Crippen LogP contribution in [0.4, 0.5) is 4.39 Å². The molecule has 3 nitrogen and oxygen atoms in total. The number of hydrogen-bond acceptors (Lipinski definition) is 3. The van der Waals surface area contributed by atoms with Gasteiger partial charge >= 0.3 is 0 Å². The molecule has 2 aromatic rings. The van der Waals surface area contributed by atoms with Crippen LogP contribution in [0.2, 0.25) is 0 Å². The molecule has 82 valence electrons. The second-order valence-electron chi connectivity index (χ2n) is 3.23. The zero-order valence-corrected chi connectivity index (χ0v) is 9.78. The van der Waals surface area contributed by atoms with Crippen molar-refractivity contribution in [1.29, 1.82) is 0 Å². The van der Waals surface area contributed by atoms with Gasteiger partial charge in [-0.25, -0.2) is 14.4 Å². The summed E-state index contributed by atoms with van der Waals surface area (Å²) in [5.74, 6) is 0.0802. The quantitative estimate of drug-likeness (QED) is 0.921. The summed E-state index contributed by atoms with van der Waals surface area (Å²) in [5, 5.41) is 8.84. The summed E-state index contributed by atoms with van der Waals surface area (Å²) in [6.07, 6.45) is 3.03. The minimum absolute atomic E-state index is 0.104. The Morgan fingerprint density at radius 2 is 1.88 bits per heavy atom. The summed E-state index contributed by atoms with van der Waals surface area (Å²) >= 11 is 3.20. The average Bonchev–Trinajstić information content (AvgIpc) is 2.28. The first kappa shape index (κ1) is 11.2. The van der Waals surface area contributed by atoms with Crippen molar-refractivity contribution in [3.8, 4) is 11.4 Å². The van der Waals surface area contributed by atoms with Crippen LogP contribution in [0, 0.1) is 5.82 Å². The van der Waals surface area contributed by atoms with Gasteiger partial charge in [-0.2, -0.15) is 0 Å². The smallest absolute Gasteiger partial charge is 0.159 e. The lowest BCUT2D eigenvalue weighted by molar-refractivity contribution is 0.281. The number of aliphatic hydroxyl groups excluding tert-OH is 1. The highest BCUT2D eigenvalue weighted by Gasteiger charge is 2.04. The summed E-state index contributed by atoms with van der Waals surface area (Å²) in [5.41, 5.74) is 1.22. The lowest BCUT2D eigenvalue weighted by Gasteiger charge is -2.02. The summed E-state index contributed by atoms with van der Waals surface area (Å²) in [4.78, 5) is 8.09. The normalized spacial score (nSPS) is 10.4. The molecule has 0 radical (unpaired) electrons. The number of halogens is 2. The number of aromatic nitrogens is 2. The van der Waals surface area contributed by atoms with E-state index in [-0.39, 0.29) is 12.4 Å². The van der Waals surface area contributed by atoms with Crippen LogP contribution in [-0.4, -0.2) is 15.1 Å². The fraction of sp³-hybridized carbons (Fsp3) is 0.0909. The molecular formula is C11H8BrFN2O. The van der Waals surface area contributed by atoms with Gasteiger partial charge in [0.25, 0.3) is 0 Å². The molecule has 0 bridgehead atoms. The monoisotopic (exact) mass is 282 g/mol. The number of aliphatic hydroxyl groups is 1. The molecule has 0 unspecified atom stereocenters. The molecule has 0 atom stereocenters. The van der Waals surface area contributed by atoms with Crippen LogP contribution in [0.25, 0.3) is 11.4 Å². The molecule has 0 aliphatic rings. The van der Waals surface area contributed by atoms with Crippen LogP contribution in [0.15, 0.2) is 35.1 Å². The van der Waals surface area contributed by atoms with Gasteiger partial charge in [-0.1, -0.05) is 15.9 Å². The first-order valence-corrected chi connectivity index (χ1v) is 5.36. The lowest BCUT2D eigenvalue weighted by atomic mass is 10.2. The van der Waals surface area contributed by atoms with Crippen molar-refractivity contribution in [2.45, 2.75) is 6.61 Å². The van der Waals surface area contributed by atoms with Crippen LogP contribution < -0.4 is 0 Å². The maximum atomic E-state index is 13.1. The van der Waals surface area contributed by atoms with Gasteiger partial charge in [0, 0.05) is 28.0 Å². The highest BCUT2D eigenvalue weighted by Crippen LogP contribution is 2.21. The van der Waals surface area contributed by atoms with Gasteiger partial charge in [0.1, 0.15) is 5.82 Å². The van der Waals surface area contributed by atoms with E-state index in [2.05, 4.69) is 25.9 Å². The third-order valence-electron chi connectivity index (χ3n) is 2.01. The Morgan fingerprint density at radius 3 is 2.44 bits per heavy atom. The SMILES string of the molecule is OCc1cnc(-c2cc(F)cc(Br)c2)nc1. The van der Waals surface area contributed by atoms with Gasteiger partial charge < -0.3 is 5.11 Å². The molecule has 0 aliphatic carbocycles. The molecule has 0 saturated heterocycles. The Bertz CT molecular complexity index is 482. The van der Waals surface area contributed by atoms with Crippen molar-refractivity contribution in [1.82, 2.24) is 9.97 Å². The summed E-state index contributed by atoms with van der Waals surface area (Å²) < 4.78 is 13.8. The standard InChI is InChI=1S/C11H8BrFN2O/c12-9-1-8(2-10(13)3-9)11-14-4-7(6-16)5-15-11/h1-5,16H,6H2. The first-order valence-electron chi connectivity index (χ1n) is 4.57. The van der Waals surface area contributed by atoms with Gasteiger partial charge in [-0.3, -0.25) is 0 Å². The van der Waals surface area contributed by atoms with Crippen LogP contribution in [0.1, 0.15) is 5.56 Å². The van der Waals surface area contributed by atoms with Crippen LogP contribution in [-0.2, 0) is 6.61 Å². The second-order valence-corrected chi connectivity index (χ2v) is 4.15. The molecule has 1 heterocycles. The van der Waals surface area contributed by atoms with Gasteiger partial charge in [0.05, 0.1) is 6.61 Å². The maximum Gasteiger partial charge on any atom is 0.159 e. The molecule has 1 aromatic carbocycles. The number of rotatable bonds is 2. The van der Waals surface area contributed by atoms with E-state index >= 15 is 0 Å². The van der Waals surface area contributed by atoms with Crippen LogP contribution in [0.5, 0.6) is 0 Å². The largest absolute Gasteiger partial charge is 0.392 e. The average molecular weight is 283 g/mol. The van der Waals surface area contributed by atoms with Gasteiger partial charge in [0.15, 0.2) is 5.82 Å². The molecule has 0 spiro atoms. The molecule has 0 amide bonds. The van der Waals surface area contributed by atoms with E-state index in [1.807, 2.05) is 0 Å². The molecule has 5 heteroatoms. The van der Waals surface area contributed by atoms with Gasteiger partial charge in [-0.15, -0.1) is 0 Å². The predicted molar refractivity (Wildman–Crippen MR) is 61.0 cm³/mol. The van der Waals surface area contributed by atoms with E-state index in [0.717, 1.165) is 0 Å². The van der Waals surface area contributed by atoms with Crippen molar-refractivity contribution in [2.75, 3.05) is 0 Å². The van der Waals surface area contributed by atoms with E-state index < -0.39 is 0 Å². The highest BCUT2D eigenvalue weighted by atomic mass is 79.9. The molecule has 2 rings (SSSR count). The van der Waals surface area contributed by atoms with E-state index in [0.29, 0.717) is 21.4 Å². The van der Waals surface area contributed by atoms with E-state index in [4.69, 9.17) is 5.11 Å². The number of benzene rings is 1. The van der Waals surface area contributed by atoms with E-state index in [1.54, 1.807) is 6.07 Å². The summed E-state index contributed by atoms with van der Waals surface area (Å²) in [6.45, 7) is -0.104. The number of hydrogen-bond donors (Lipinski definition) is 1. The molecule has 0 fully saturated rings. The summed E-state index contributed by atoms with van der Waals surface area (Å²) in [6, 6.07) is 4.46. The molecule has 1 N–H and O–H groups in total. The summed E-state index contributed by atoms with van der Waals surface area (Å²) in [7, 11) is 0. The Balaban J connectivity index is 2.42. The van der Waals surface area contributed by atoms with E-state index in [1.165, 1.54) is 24.5 Å². The Morgan fingerprint density at radius 1 is 1.19 bits per heavy atom. The van der Waals surface area contributed by atoms with Crippen LogP contribution >= 0.6 is 15.9 Å². The van der Waals surface area contributed by atoms with Crippen LogP contribution in [0.3, 0.4) is 0 Å². The molecule has 0 aliphatic heterocycles. The highest BCUT2D eigenvalue weighted by molar-refractivity contribution is 9.10. The third kappa shape index (κ3) is 2.43. The Hall–Kier alpha value is -1.33. The molecular weight excluding hydrogens is 275 g/mol. The molecule has 0 saturated carbocycles. The second kappa shape index (κ2) is 4.67. The van der Waals surface area contributed by atoms with Crippen molar-refractivity contribution < 1.29 is 9.50 Å². The Labute approximate surface area is 100 Å². The zero-order chi connectivity index (χ0) is 11.5. The zero-order valence-electron chi connectivity index (χ0n) is 8.19. The van der Waals surface area contributed by atoms with Crippen molar-refractivity contribution in [2.24, 2.45) is 0 Å². The lowest BCUT2D eigenvalue weighted by Crippen LogP contribution is -1.92. The molecule has 16 heavy (non-hydrogen) atoms. The Kier molecular flexibility index (Phi) is 3.26. The predicted octanol–water partition coefficient (Wildman–Crippen LogP) is 2.54. The maximum absolute atomic E-state index is 13.1. The van der Waals surface area contributed by atoms with Crippen molar-refractivity contribution >= 4 is 15.9 Å². The van der Waals surface area contributed by atoms with Crippen molar-refractivity contribution in [3.05, 3.63) is 46.4 Å². The third-order valence-corrected chi connectivity index (χ3v) is 2.47. The van der Waals surface area contributed by atoms with Gasteiger partial charge in [0.2, 0.25) is 0 Å². The van der Waals surface area contributed by atoms with E-state index in [9.17, 15) is 4.39 Å². The fourth-order valence-electron chi connectivity index (χ4n) is 1.27. The molecule has 1 aromatic heterocycles. The minimum Gasteiger partial charge on any atom is -0.392 e. The number of nitrogens with zero attached hydrogens (tertiary/aromatic N) is 2.